The van der Waals surface area contributed by atoms with Gasteiger partial charge in [-0.25, -0.2) is 4.79 Å². The van der Waals surface area contributed by atoms with E-state index in [4.69, 9.17) is 4.74 Å². The number of hydrogen-bond acceptors (Lipinski definition) is 4. The summed E-state index contributed by atoms with van der Waals surface area (Å²) in [6.45, 7) is 5.73. The van der Waals surface area contributed by atoms with Gasteiger partial charge in [-0.3, -0.25) is 14.5 Å². The topological polar surface area (TPSA) is 87.7 Å². The monoisotopic (exact) mass is 383 g/mol. The molecular formula is C21H25N3O4. The quantitative estimate of drug-likeness (QED) is 0.801. The van der Waals surface area contributed by atoms with Crippen LogP contribution in [0, 0.1) is 13.8 Å². The summed E-state index contributed by atoms with van der Waals surface area (Å²) in [5.41, 5.74) is 3.70. The molecule has 3 amide bonds. The minimum atomic E-state index is -0.451. The highest BCUT2D eigenvalue weighted by molar-refractivity contribution is 5.99. The Hall–Kier alpha value is -3.35. The van der Waals surface area contributed by atoms with E-state index in [2.05, 4.69) is 10.6 Å². The van der Waals surface area contributed by atoms with Gasteiger partial charge in [-0.1, -0.05) is 17.2 Å². The Labute approximate surface area is 164 Å². The molecule has 2 N–H and O–H groups in total. The summed E-state index contributed by atoms with van der Waals surface area (Å²) in [7, 11) is 1.61. The molecule has 2 aromatic carbocycles. The first kappa shape index (κ1) is 21.0. The maximum Gasteiger partial charge on any atom is 0.413 e. The average molecular weight is 383 g/mol. The molecule has 2 rings (SSSR count). The van der Waals surface area contributed by atoms with Crippen LogP contribution in [0.1, 0.15) is 28.4 Å². The minimum Gasteiger partial charge on any atom is -0.449 e. The number of anilines is 2. The molecule has 0 bridgehead atoms. The predicted octanol–water partition coefficient (Wildman–Crippen LogP) is 3.26. The van der Waals surface area contributed by atoms with Crippen molar-refractivity contribution in [1.29, 1.82) is 0 Å². The molecule has 0 heterocycles. The van der Waals surface area contributed by atoms with Gasteiger partial charge in [0, 0.05) is 24.0 Å². The number of carbonyl (C=O) groups is 3. The Kier molecular flexibility index (Phi) is 7.14. The lowest BCUT2D eigenvalue weighted by Gasteiger charge is -2.17. The zero-order valence-electron chi connectivity index (χ0n) is 16.5. The van der Waals surface area contributed by atoms with Crippen molar-refractivity contribution in [3.63, 3.8) is 0 Å². The first-order valence-electron chi connectivity index (χ1n) is 8.97. The molecule has 7 heteroatoms. The van der Waals surface area contributed by atoms with Crippen LogP contribution in [0.2, 0.25) is 0 Å². The number of rotatable bonds is 6. The van der Waals surface area contributed by atoms with Crippen LogP contribution < -0.4 is 15.5 Å². The fraction of sp³-hybridized carbons (Fsp3) is 0.286. The number of hydrogen-bond donors (Lipinski definition) is 2. The van der Waals surface area contributed by atoms with E-state index in [9.17, 15) is 14.4 Å². The second-order valence-corrected chi connectivity index (χ2v) is 6.41. The number of amides is 3. The van der Waals surface area contributed by atoms with Crippen LogP contribution in [-0.4, -0.2) is 38.1 Å². The first-order chi connectivity index (χ1) is 13.3. The third-order valence-electron chi connectivity index (χ3n) is 3.97. The van der Waals surface area contributed by atoms with Crippen molar-refractivity contribution in [3.8, 4) is 0 Å². The maximum atomic E-state index is 12.2. The maximum absolute atomic E-state index is 12.2. The Morgan fingerprint density at radius 1 is 1.00 bits per heavy atom. The summed E-state index contributed by atoms with van der Waals surface area (Å²) in [6, 6.07) is 12.3. The molecule has 0 aliphatic heterocycles. The van der Waals surface area contributed by atoms with Crippen LogP contribution in [0.25, 0.3) is 0 Å². The van der Waals surface area contributed by atoms with Crippen LogP contribution in [0.15, 0.2) is 42.5 Å². The second kappa shape index (κ2) is 9.55. The zero-order chi connectivity index (χ0) is 20.7. The van der Waals surface area contributed by atoms with Crippen molar-refractivity contribution in [2.24, 2.45) is 0 Å². The third kappa shape index (κ3) is 5.84. The van der Waals surface area contributed by atoms with Crippen molar-refractivity contribution in [3.05, 3.63) is 59.2 Å². The van der Waals surface area contributed by atoms with Gasteiger partial charge in [0.15, 0.2) is 0 Å². The van der Waals surface area contributed by atoms with Gasteiger partial charge in [0.1, 0.15) is 0 Å². The van der Waals surface area contributed by atoms with Crippen LogP contribution in [0.3, 0.4) is 0 Å². The minimum absolute atomic E-state index is 0.143. The number of aryl methyl sites for hydroxylation is 2. The molecule has 0 aromatic heterocycles. The molecule has 148 valence electrons. The Morgan fingerprint density at radius 2 is 1.61 bits per heavy atom. The number of nitrogens with zero attached hydrogens (tertiary/aromatic N) is 1. The van der Waals surface area contributed by atoms with Gasteiger partial charge in [-0.05, 0) is 57.2 Å². The van der Waals surface area contributed by atoms with Gasteiger partial charge in [0.2, 0.25) is 5.91 Å². The molecule has 0 unspecified atom stereocenters. The van der Waals surface area contributed by atoms with Gasteiger partial charge < -0.3 is 15.4 Å². The predicted molar refractivity (Wildman–Crippen MR) is 109 cm³/mol. The van der Waals surface area contributed by atoms with E-state index in [1.54, 1.807) is 50.4 Å². The van der Waals surface area contributed by atoms with E-state index in [0.717, 1.165) is 11.1 Å². The summed E-state index contributed by atoms with van der Waals surface area (Å²) >= 11 is 0. The standard InChI is InChI=1S/C21H25N3O4/c1-5-28-21(27)24(4)18-8-6-17(7-9-18)23-19(25)13-22-20(26)16-11-14(2)10-15(3)12-16/h6-12H,5,13H2,1-4H3,(H,22,26)(H,23,25). The van der Waals surface area contributed by atoms with Crippen molar-refractivity contribution in [2.75, 3.05) is 30.4 Å². The molecule has 0 aliphatic rings. The summed E-state index contributed by atoms with van der Waals surface area (Å²) in [5, 5.41) is 5.32. The molecule has 0 spiro atoms. The van der Waals surface area contributed by atoms with Gasteiger partial charge in [-0.2, -0.15) is 0 Å². The lowest BCUT2D eigenvalue weighted by Crippen LogP contribution is -2.33. The van der Waals surface area contributed by atoms with E-state index < -0.39 is 6.09 Å². The van der Waals surface area contributed by atoms with E-state index in [-0.39, 0.29) is 18.4 Å². The van der Waals surface area contributed by atoms with Crippen LogP contribution >= 0.6 is 0 Å². The SMILES string of the molecule is CCOC(=O)N(C)c1ccc(NC(=O)CNC(=O)c2cc(C)cc(C)c2)cc1. The third-order valence-corrected chi connectivity index (χ3v) is 3.97. The fourth-order valence-electron chi connectivity index (χ4n) is 2.67. The van der Waals surface area contributed by atoms with Crippen molar-refractivity contribution in [1.82, 2.24) is 5.32 Å². The van der Waals surface area contributed by atoms with E-state index in [1.807, 2.05) is 19.9 Å². The van der Waals surface area contributed by atoms with Gasteiger partial charge in [0.05, 0.1) is 13.2 Å². The summed E-state index contributed by atoms with van der Waals surface area (Å²) in [5.74, 6) is -0.641. The smallest absolute Gasteiger partial charge is 0.413 e. The molecule has 0 saturated heterocycles. The molecule has 0 aliphatic carbocycles. The van der Waals surface area contributed by atoms with E-state index in [1.165, 1.54) is 4.90 Å². The highest BCUT2D eigenvalue weighted by atomic mass is 16.6. The normalized spacial score (nSPS) is 10.1. The van der Waals surface area contributed by atoms with Crippen LogP contribution in [0.5, 0.6) is 0 Å². The van der Waals surface area contributed by atoms with E-state index in [0.29, 0.717) is 23.5 Å². The average Bonchev–Trinajstić information content (AvgIpc) is 2.65. The molecular weight excluding hydrogens is 358 g/mol. The highest BCUT2D eigenvalue weighted by Crippen LogP contribution is 2.17. The Morgan fingerprint density at radius 3 is 2.18 bits per heavy atom. The Balaban J connectivity index is 1.89. The number of ether oxygens (including phenoxy) is 1. The van der Waals surface area contributed by atoms with Gasteiger partial charge in [0.25, 0.3) is 5.91 Å². The molecule has 0 fully saturated rings. The van der Waals surface area contributed by atoms with Crippen molar-refractivity contribution < 1.29 is 19.1 Å². The molecule has 2 aromatic rings. The van der Waals surface area contributed by atoms with Gasteiger partial charge >= 0.3 is 6.09 Å². The molecule has 28 heavy (non-hydrogen) atoms. The number of nitrogens with one attached hydrogen (secondary N) is 2. The number of benzene rings is 2. The highest BCUT2D eigenvalue weighted by Gasteiger charge is 2.12. The zero-order valence-corrected chi connectivity index (χ0v) is 16.5. The van der Waals surface area contributed by atoms with Crippen molar-refractivity contribution >= 4 is 29.3 Å². The van der Waals surface area contributed by atoms with Crippen LogP contribution in [0.4, 0.5) is 16.2 Å². The lowest BCUT2D eigenvalue weighted by atomic mass is 10.1. The molecule has 0 atom stereocenters. The van der Waals surface area contributed by atoms with Crippen LogP contribution in [-0.2, 0) is 9.53 Å². The summed E-state index contributed by atoms with van der Waals surface area (Å²) in [6.07, 6.45) is -0.451. The molecule has 0 saturated carbocycles. The Bertz CT molecular complexity index is 842. The van der Waals surface area contributed by atoms with Crippen molar-refractivity contribution in [2.45, 2.75) is 20.8 Å². The summed E-state index contributed by atoms with van der Waals surface area (Å²) < 4.78 is 4.94. The fourth-order valence-corrected chi connectivity index (χ4v) is 2.67. The summed E-state index contributed by atoms with van der Waals surface area (Å²) in [4.78, 5) is 37.4. The first-order valence-corrected chi connectivity index (χ1v) is 8.97. The lowest BCUT2D eigenvalue weighted by molar-refractivity contribution is -0.115. The largest absolute Gasteiger partial charge is 0.449 e. The van der Waals surface area contributed by atoms with E-state index >= 15 is 0 Å². The second-order valence-electron chi connectivity index (χ2n) is 6.41. The molecule has 7 nitrogen and oxygen atoms in total. The number of carbonyl (C=O) groups excluding carboxylic acids is 3. The van der Waals surface area contributed by atoms with Gasteiger partial charge in [-0.15, -0.1) is 0 Å². The molecule has 0 radical (unpaired) electrons.